The largest absolute Gasteiger partial charge is 0.357 e. The zero-order valence-electron chi connectivity index (χ0n) is 18.0. The lowest BCUT2D eigenvalue weighted by Gasteiger charge is -2.12. The monoisotopic (exact) mass is 414 g/mol. The number of nitrogens with one attached hydrogen (secondary N) is 2. The molecule has 0 bridgehead atoms. The first-order valence-corrected chi connectivity index (χ1v) is 12.0. The number of fused-ring (bicyclic) bond motifs is 1. The first kappa shape index (κ1) is 21.7. The van der Waals surface area contributed by atoms with E-state index in [0.717, 1.165) is 50.7 Å². The molecule has 0 fully saturated rings. The van der Waals surface area contributed by atoms with Gasteiger partial charge in [0.1, 0.15) is 11.6 Å². The van der Waals surface area contributed by atoms with Gasteiger partial charge < -0.3 is 15.2 Å². The van der Waals surface area contributed by atoms with Gasteiger partial charge in [-0.15, -0.1) is 22.0 Å². The van der Waals surface area contributed by atoms with Gasteiger partial charge in [-0.2, -0.15) is 0 Å². The van der Waals surface area contributed by atoms with Crippen molar-refractivity contribution in [2.24, 2.45) is 4.99 Å². The molecule has 2 heterocycles. The number of nitrogens with zero attached hydrogens (tertiary/aromatic N) is 4. The number of aromatic nitrogens is 3. The van der Waals surface area contributed by atoms with Crippen LogP contribution in [0.2, 0.25) is 0 Å². The van der Waals surface area contributed by atoms with Crippen LogP contribution in [0, 0.1) is 6.92 Å². The third-order valence-electron chi connectivity index (χ3n) is 5.25. The normalized spacial score (nSPS) is 14.4. The maximum absolute atomic E-state index is 4.79. The second kappa shape index (κ2) is 11.2. The zero-order chi connectivity index (χ0) is 20.5. The molecule has 0 aliphatic carbocycles. The van der Waals surface area contributed by atoms with Gasteiger partial charge in [-0.05, 0) is 56.6 Å². The summed E-state index contributed by atoms with van der Waals surface area (Å²) < 4.78 is 2.34. The highest BCUT2D eigenvalue weighted by molar-refractivity contribution is 7.98. The van der Waals surface area contributed by atoms with Gasteiger partial charge in [0, 0.05) is 37.4 Å². The van der Waals surface area contributed by atoms with E-state index in [-0.39, 0.29) is 0 Å². The van der Waals surface area contributed by atoms with E-state index in [1.807, 2.05) is 0 Å². The molecule has 1 aromatic carbocycles. The summed E-state index contributed by atoms with van der Waals surface area (Å²) in [6, 6.07) is 6.58. The van der Waals surface area contributed by atoms with E-state index < -0.39 is 0 Å². The van der Waals surface area contributed by atoms with Crippen LogP contribution in [0.4, 0.5) is 0 Å². The van der Waals surface area contributed by atoms with Crippen LogP contribution >= 0.6 is 11.8 Å². The van der Waals surface area contributed by atoms with Gasteiger partial charge >= 0.3 is 0 Å². The number of aliphatic imine (C=N–C) groups is 1. The van der Waals surface area contributed by atoms with E-state index in [4.69, 9.17) is 4.99 Å². The number of benzene rings is 1. The molecule has 0 saturated heterocycles. The lowest BCUT2D eigenvalue weighted by molar-refractivity contribution is 0.594. The molecule has 2 N–H and O–H groups in total. The molecule has 0 saturated carbocycles. The fourth-order valence-electron chi connectivity index (χ4n) is 3.67. The van der Waals surface area contributed by atoms with Gasteiger partial charge in [0.2, 0.25) is 0 Å². The quantitative estimate of drug-likeness (QED) is 0.298. The Morgan fingerprint density at radius 3 is 2.93 bits per heavy atom. The minimum atomic E-state index is 0.684. The van der Waals surface area contributed by atoms with E-state index >= 15 is 0 Å². The molecule has 2 aromatic rings. The van der Waals surface area contributed by atoms with Crippen molar-refractivity contribution in [3.8, 4) is 0 Å². The predicted octanol–water partition coefficient (Wildman–Crippen LogP) is 3.72. The van der Waals surface area contributed by atoms with Crippen molar-refractivity contribution in [2.75, 3.05) is 19.3 Å². The number of guanidine groups is 1. The van der Waals surface area contributed by atoms with Crippen LogP contribution < -0.4 is 10.6 Å². The van der Waals surface area contributed by atoms with Gasteiger partial charge in [0.05, 0.1) is 6.54 Å². The van der Waals surface area contributed by atoms with E-state index in [1.54, 1.807) is 11.8 Å². The van der Waals surface area contributed by atoms with Crippen molar-refractivity contribution in [3.05, 3.63) is 41.0 Å². The van der Waals surface area contributed by atoms with Crippen molar-refractivity contribution in [2.45, 2.75) is 70.4 Å². The number of hydrogen-bond donors (Lipinski definition) is 2. The minimum absolute atomic E-state index is 0.684. The van der Waals surface area contributed by atoms with Crippen molar-refractivity contribution in [3.63, 3.8) is 0 Å². The average Bonchev–Trinajstić information content (AvgIpc) is 2.95. The summed E-state index contributed by atoms with van der Waals surface area (Å²) >= 11 is 1.78. The van der Waals surface area contributed by atoms with Crippen LogP contribution in [0.1, 0.15) is 55.4 Å². The van der Waals surface area contributed by atoms with E-state index in [2.05, 4.69) is 63.7 Å². The van der Waals surface area contributed by atoms with Crippen LogP contribution in [0.5, 0.6) is 0 Å². The molecular formula is C22H34N6S. The fourth-order valence-corrected chi connectivity index (χ4v) is 4.37. The van der Waals surface area contributed by atoms with Crippen LogP contribution in [0.3, 0.4) is 0 Å². The SMILES string of the molecule is CCNC(=NCc1ccc(C)cc1SC)NCCCc1nnc2n1CCCCC2. The van der Waals surface area contributed by atoms with Crippen LogP contribution in [0.25, 0.3) is 0 Å². The number of thioether (sulfide) groups is 1. The summed E-state index contributed by atoms with van der Waals surface area (Å²) in [6.45, 7) is 7.71. The Balaban J connectivity index is 1.52. The summed E-state index contributed by atoms with van der Waals surface area (Å²) in [6.07, 6.45) is 8.94. The van der Waals surface area contributed by atoms with E-state index in [0.29, 0.717) is 6.54 Å². The second-order valence-corrected chi connectivity index (χ2v) is 8.38. The molecule has 3 rings (SSSR count). The van der Waals surface area contributed by atoms with Crippen molar-refractivity contribution in [1.82, 2.24) is 25.4 Å². The molecule has 1 aromatic heterocycles. The van der Waals surface area contributed by atoms with Gasteiger partial charge in [-0.1, -0.05) is 18.6 Å². The van der Waals surface area contributed by atoms with Crippen LogP contribution in [-0.4, -0.2) is 40.1 Å². The van der Waals surface area contributed by atoms with Gasteiger partial charge in [0.15, 0.2) is 5.96 Å². The molecule has 1 aliphatic heterocycles. The summed E-state index contributed by atoms with van der Waals surface area (Å²) in [5, 5.41) is 15.7. The third-order valence-corrected chi connectivity index (χ3v) is 6.07. The predicted molar refractivity (Wildman–Crippen MR) is 122 cm³/mol. The summed E-state index contributed by atoms with van der Waals surface area (Å²) in [4.78, 5) is 6.09. The Hall–Kier alpha value is -2.02. The molecule has 6 nitrogen and oxygen atoms in total. The molecule has 0 radical (unpaired) electrons. The Labute approximate surface area is 179 Å². The van der Waals surface area contributed by atoms with Crippen molar-refractivity contribution < 1.29 is 0 Å². The molecule has 158 valence electrons. The number of hydrogen-bond acceptors (Lipinski definition) is 4. The van der Waals surface area contributed by atoms with Crippen molar-refractivity contribution >= 4 is 17.7 Å². The standard InChI is InChI=1S/C22H34N6S/c1-4-23-22(25-16-18-12-11-17(2)15-19(18)29-3)24-13-8-10-21-27-26-20-9-6-5-7-14-28(20)21/h11-12,15H,4-10,13-14,16H2,1-3H3,(H2,23,24,25). The summed E-state index contributed by atoms with van der Waals surface area (Å²) in [5.74, 6) is 3.18. The minimum Gasteiger partial charge on any atom is -0.357 e. The maximum atomic E-state index is 4.79. The average molecular weight is 415 g/mol. The van der Waals surface area contributed by atoms with Crippen LogP contribution in [-0.2, 0) is 25.9 Å². The summed E-state index contributed by atoms with van der Waals surface area (Å²) in [5.41, 5.74) is 2.56. The highest BCUT2D eigenvalue weighted by atomic mass is 32.2. The third kappa shape index (κ3) is 6.23. The molecule has 7 heteroatoms. The summed E-state index contributed by atoms with van der Waals surface area (Å²) in [7, 11) is 0. The topological polar surface area (TPSA) is 67.1 Å². The van der Waals surface area contributed by atoms with Crippen LogP contribution in [0.15, 0.2) is 28.1 Å². The highest BCUT2D eigenvalue weighted by Gasteiger charge is 2.14. The number of rotatable bonds is 8. The lowest BCUT2D eigenvalue weighted by atomic mass is 10.1. The van der Waals surface area contributed by atoms with E-state index in [1.165, 1.54) is 41.1 Å². The Kier molecular flexibility index (Phi) is 8.40. The molecule has 0 atom stereocenters. The highest BCUT2D eigenvalue weighted by Crippen LogP contribution is 2.22. The number of aryl methyl sites for hydroxylation is 3. The molecule has 29 heavy (non-hydrogen) atoms. The maximum Gasteiger partial charge on any atom is 0.191 e. The Morgan fingerprint density at radius 1 is 1.21 bits per heavy atom. The van der Waals surface area contributed by atoms with Gasteiger partial charge in [-0.3, -0.25) is 0 Å². The molecule has 1 aliphatic rings. The fraction of sp³-hybridized carbons (Fsp3) is 0.591. The molecule has 0 unspecified atom stereocenters. The van der Waals surface area contributed by atoms with E-state index in [9.17, 15) is 0 Å². The van der Waals surface area contributed by atoms with Gasteiger partial charge in [-0.25, -0.2) is 4.99 Å². The lowest BCUT2D eigenvalue weighted by Crippen LogP contribution is -2.38. The first-order valence-electron chi connectivity index (χ1n) is 10.8. The Morgan fingerprint density at radius 2 is 2.10 bits per heavy atom. The van der Waals surface area contributed by atoms with Gasteiger partial charge in [0.25, 0.3) is 0 Å². The molecule has 0 amide bonds. The first-order chi connectivity index (χ1) is 14.2. The molecule has 0 spiro atoms. The second-order valence-electron chi connectivity index (χ2n) is 7.54. The zero-order valence-corrected chi connectivity index (χ0v) is 18.8. The molecular weight excluding hydrogens is 380 g/mol. The smallest absolute Gasteiger partial charge is 0.191 e. The Bertz CT molecular complexity index is 814. The van der Waals surface area contributed by atoms with Crippen molar-refractivity contribution in [1.29, 1.82) is 0 Å².